The number of pyridine rings is 2. The zero-order chi connectivity index (χ0) is 29.5. The predicted molar refractivity (Wildman–Crippen MR) is 185 cm³/mol. The highest BCUT2D eigenvalue weighted by Crippen LogP contribution is 2.43. The van der Waals surface area contributed by atoms with Crippen LogP contribution in [0.4, 0.5) is 0 Å². The standard InChI is InChI=1S/C40H27N2OP/c43-44(32-11-3-1-4-12-32,33-13-5-2-6-14-33)34-24-21-29(22-25-34)28-17-19-30(20-18-28)38-35-15-7-8-16-37(35)42-40-36(38)26-23-31-10-9-27-41-39(31)40/h1-27H. The van der Waals surface area contributed by atoms with Gasteiger partial charge in [0.25, 0.3) is 0 Å². The summed E-state index contributed by atoms with van der Waals surface area (Å²) >= 11 is 0. The zero-order valence-corrected chi connectivity index (χ0v) is 24.7. The molecule has 0 N–H and O–H groups in total. The molecule has 0 aliphatic heterocycles. The molecule has 0 aliphatic rings. The molecule has 0 unspecified atom stereocenters. The van der Waals surface area contributed by atoms with Crippen molar-refractivity contribution in [1.82, 2.24) is 9.97 Å². The van der Waals surface area contributed by atoms with E-state index >= 15 is 0 Å². The number of para-hydroxylation sites is 1. The first kappa shape index (κ1) is 26.3. The maximum atomic E-state index is 14.8. The average molecular weight is 583 g/mol. The fourth-order valence-corrected chi connectivity index (χ4v) is 8.87. The second-order valence-electron chi connectivity index (χ2n) is 10.9. The summed E-state index contributed by atoms with van der Waals surface area (Å²) in [6.07, 6.45) is 1.83. The molecular formula is C40H27N2OP. The molecule has 0 radical (unpaired) electrons. The molecule has 0 aliphatic carbocycles. The molecule has 0 spiro atoms. The highest BCUT2D eigenvalue weighted by atomic mass is 31.2. The lowest BCUT2D eigenvalue weighted by atomic mass is 9.94. The van der Waals surface area contributed by atoms with Crippen molar-refractivity contribution in [3.63, 3.8) is 0 Å². The number of rotatable bonds is 5. The molecule has 8 rings (SSSR count). The van der Waals surface area contributed by atoms with Gasteiger partial charge < -0.3 is 4.57 Å². The Kier molecular flexibility index (Phi) is 6.40. The minimum atomic E-state index is -3.01. The first-order valence-electron chi connectivity index (χ1n) is 14.7. The average Bonchev–Trinajstić information content (AvgIpc) is 3.11. The summed E-state index contributed by atoms with van der Waals surface area (Å²) in [6.45, 7) is 0. The predicted octanol–water partition coefficient (Wildman–Crippen LogP) is 8.91. The van der Waals surface area contributed by atoms with E-state index in [1.54, 1.807) is 0 Å². The molecule has 0 atom stereocenters. The van der Waals surface area contributed by atoms with Crippen LogP contribution in [0.25, 0.3) is 55.0 Å². The Bertz CT molecular complexity index is 2290. The Hall–Kier alpha value is -5.37. The maximum Gasteiger partial charge on any atom is 0.171 e. The lowest BCUT2D eigenvalue weighted by Gasteiger charge is -2.20. The highest BCUT2D eigenvalue weighted by molar-refractivity contribution is 7.85. The van der Waals surface area contributed by atoms with Gasteiger partial charge in [-0.05, 0) is 28.8 Å². The van der Waals surface area contributed by atoms with Crippen molar-refractivity contribution in [2.45, 2.75) is 0 Å². The van der Waals surface area contributed by atoms with Crippen LogP contribution in [0.1, 0.15) is 0 Å². The molecule has 2 heterocycles. The van der Waals surface area contributed by atoms with E-state index in [1.165, 1.54) is 0 Å². The molecule has 44 heavy (non-hydrogen) atoms. The van der Waals surface area contributed by atoms with E-state index in [9.17, 15) is 4.57 Å². The van der Waals surface area contributed by atoms with Crippen LogP contribution in [-0.4, -0.2) is 9.97 Å². The van der Waals surface area contributed by atoms with E-state index in [2.05, 4.69) is 77.8 Å². The first-order chi connectivity index (χ1) is 21.7. The largest absolute Gasteiger partial charge is 0.309 e. The van der Waals surface area contributed by atoms with Gasteiger partial charge in [-0.3, -0.25) is 4.98 Å². The summed E-state index contributed by atoms with van der Waals surface area (Å²) in [6, 6.07) is 53.1. The molecule has 6 aromatic carbocycles. The fraction of sp³-hybridized carbons (Fsp3) is 0. The third-order valence-electron chi connectivity index (χ3n) is 8.40. The van der Waals surface area contributed by atoms with Crippen LogP contribution in [0, 0.1) is 0 Å². The normalized spacial score (nSPS) is 11.7. The summed E-state index contributed by atoms with van der Waals surface area (Å²) in [4.78, 5) is 9.73. The number of fused-ring (bicyclic) bond motifs is 4. The Balaban J connectivity index is 1.21. The topological polar surface area (TPSA) is 42.9 Å². The van der Waals surface area contributed by atoms with Crippen molar-refractivity contribution >= 4 is 55.8 Å². The quantitative estimate of drug-likeness (QED) is 0.116. The molecule has 0 saturated heterocycles. The van der Waals surface area contributed by atoms with Gasteiger partial charge in [0.15, 0.2) is 7.14 Å². The third kappa shape index (κ3) is 4.33. The van der Waals surface area contributed by atoms with E-state index in [0.717, 1.165) is 70.9 Å². The molecule has 2 aromatic heterocycles. The van der Waals surface area contributed by atoms with Gasteiger partial charge in [0.2, 0.25) is 0 Å². The molecule has 8 aromatic rings. The van der Waals surface area contributed by atoms with Gasteiger partial charge in [0.05, 0.1) is 16.6 Å². The smallest absolute Gasteiger partial charge is 0.171 e. The SMILES string of the molecule is O=P(c1ccccc1)(c1ccccc1)c1ccc(-c2ccc(-c3c4ccccc4nc4c3ccc3cccnc34)cc2)cc1. The zero-order valence-electron chi connectivity index (χ0n) is 23.8. The van der Waals surface area contributed by atoms with Gasteiger partial charge in [-0.1, -0.05) is 146 Å². The highest BCUT2D eigenvalue weighted by Gasteiger charge is 2.29. The number of aromatic nitrogens is 2. The second-order valence-corrected chi connectivity index (χ2v) is 13.7. The summed E-state index contributed by atoms with van der Waals surface area (Å²) in [5.74, 6) is 0. The van der Waals surface area contributed by atoms with Crippen LogP contribution in [-0.2, 0) is 4.57 Å². The number of hydrogen-bond donors (Lipinski definition) is 0. The van der Waals surface area contributed by atoms with Gasteiger partial charge >= 0.3 is 0 Å². The molecule has 0 fully saturated rings. The van der Waals surface area contributed by atoms with E-state index in [4.69, 9.17) is 4.98 Å². The Morgan fingerprint density at radius 1 is 0.432 bits per heavy atom. The molecule has 0 saturated carbocycles. The lowest BCUT2D eigenvalue weighted by Crippen LogP contribution is -2.24. The summed E-state index contributed by atoms with van der Waals surface area (Å²) in [7, 11) is -3.01. The lowest BCUT2D eigenvalue weighted by molar-refractivity contribution is 0.592. The molecule has 0 amide bonds. The van der Waals surface area contributed by atoms with Crippen molar-refractivity contribution < 1.29 is 4.57 Å². The number of nitrogens with zero attached hydrogens (tertiary/aromatic N) is 2. The van der Waals surface area contributed by atoms with E-state index in [0.29, 0.717) is 0 Å². The van der Waals surface area contributed by atoms with Crippen LogP contribution >= 0.6 is 7.14 Å². The van der Waals surface area contributed by atoms with Crippen molar-refractivity contribution in [3.05, 3.63) is 164 Å². The molecular weight excluding hydrogens is 555 g/mol. The van der Waals surface area contributed by atoms with Gasteiger partial charge in [-0.25, -0.2) is 4.98 Å². The summed E-state index contributed by atoms with van der Waals surface area (Å²) in [5.41, 5.74) is 7.24. The number of benzene rings is 6. The van der Waals surface area contributed by atoms with Gasteiger partial charge in [0, 0.05) is 43.8 Å². The monoisotopic (exact) mass is 582 g/mol. The molecule has 0 bridgehead atoms. The minimum Gasteiger partial charge on any atom is -0.309 e. The van der Waals surface area contributed by atoms with Crippen LogP contribution in [0.5, 0.6) is 0 Å². The summed E-state index contributed by atoms with van der Waals surface area (Å²) < 4.78 is 14.8. The minimum absolute atomic E-state index is 0.825. The molecule has 208 valence electrons. The second kappa shape index (κ2) is 10.7. The van der Waals surface area contributed by atoms with Crippen molar-refractivity contribution in [2.75, 3.05) is 0 Å². The molecule has 4 heteroatoms. The van der Waals surface area contributed by atoms with Crippen molar-refractivity contribution in [1.29, 1.82) is 0 Å². The summed E-state index contributed by atoms with van der Waals surface area (Å²) in [5, 5.41) is 5.78. The maximum absolute atomic E-state index is 14.8. The van der Waals surface area contributed by atoms with Gasteiger partial charge in [-0.15, -0.1) is 0 Å². The van der Waals surface area contributed by atoms with Crippen molar-refractivity contribution in [2.24, 2.45) is 0 Å². The number of hydrogen-bond acceptors (Lipinski definition) is 3. The van der Waals surface area contributed by atoms with Crippen molar-refractivity contribution in [3.8, 4) is 22.3 Å². The Labute approximate surface area is 255 Å². The van der Waals surface area contributed by atoms with Crippen LogP contribution < -0.4 is 15.9 Å². The van der Waals surface area contributed by atoms with Gasteiger partial charge in [0.1, 0.15) is 0 Å². The van der Waals surface area contributed by atoms with E-state index < -0.39 is 7.14 Å². The van der Waals surface area contributed by atoms with Crippen LogP contribution in [0.15, 0.2) is 164 Å². The van der Waals surface area contributed by atoms with Gasteiger partial charge in [-0.2, -0.15) is 0 Å². The Morgan fingerprint density at radius 2 is 1.00 bits per heavy atom. The van der Waals surface area contributed by atoms with Crippen LogP contribution in [0.3, 0.4) is 0 Å². The van der Waals surface area contributed by atoms with E-state index in [-0.39, 0.29) is 0 Å². The van der Waals surface area contributed by atoms with Crippen LogP contribution in [0.2, 0.25) is 0 Å². The fourth-order valence-electron chi connectivity index (χ4n) is 6.22. The molecule has 3 nitrogen and oxygen atoms in total. The first-order valence-corrected chi connectivity index (χ1v) is 16.4. The third-order valence-corrected chi connectivity index (χ3v) is 11.5. The van der Waals surface area contributed by atoms with E-state index in [1.807, 2.05) is 91.1 Å². The Morgan fingerprint density at radius 3 is 1.68 bits per heavy atom.